The van der Waals surface area contributed by atoms with Crippen LogP contribution in [0.2, 0.25) is 0 Å². The van der Waals surface area contributed by atoms with E-state index in [1.165, 1.54) is 18.3 Å². The molecule has 4 aromatic rings. The molecule has 8 heteroatoms. The fourth-order valence-corrected chi connectivity index (χ4v) is 2.80. The number of alkyl halides is 3. The Morgan fingerprint density at radius 2 is 1.66 bits per heavy atom. The van der Waals surface area contributed by atoms with Crippen LogP contribution in [0.25, 0.3) is 22.0 Å². The van der Waals surface area contributed by atoms with Crippen molar-refractivity contribution in [2.45, 2.75) is 6.18 Å². The van der Waals surface area contributed by atoms with Gasteiger partial charge in [0.25, 0.3) is 0 Å². The van der Waals surface area contributed by atoms with Crippen LogP contribution in [0.4, 0.5) is 22.0 Å². The Morgan fingerprint density at radius 1 is 0.828 bits per heavy atom. The molecule has 0 unspecified atom stereocenters. The third kappa shape index (κ3) is 3.87. The summed E-state index contributed by atoms with van der Waals surface area (Å²) in [4.78, 5) is 8.21. The highest BCUT2D eigenvalue weighted by molar-refractivity contribution is 5.78. The van der Waals surface area contributed by atoms with E-state index < -0.39 is 23.4 Å². The molecule has 0 spiro atoms. The second-order valence-electron chi connectivity index (χ2n) is 6.16. The Hall–Kier alpha value is -3.55. The topological polar surface area (TPSA) is 35.0 Å². The molecule has 0 saturated heterocycles. The summed E-state index contributed by atoms with van der Waals surface area (Å²) in [6.45, 7) is 0. The molecule has 3 nitrogen and oxygen atoms in total. The standard InChI is InChI=1S/C21H11F5N2O/c22-16-5-1-12(9-17(16)23)15-4-3-14(21(24,25)26)10-19(15)29-20-6-2-13-11-27-8-7-18(13)28-20/h1-11H. The lowest BCUT2D eigenvalue weighted by Gasteiger charge is -2.15. The SMILES string of the molecule is Fc1ccc(-c2ccc(C(F)(F)F)cc2Oc2ccc3cnccc3n2)cc1F. The summed E-state index contributed by atoms with van der Waals surface area (Å²) in [5.74, 6) is -2.32. The Labute approximate surface area is 161 Å². The zero-order valence-corrected chi connectivity index (χ0v) is 14.5. The molecular formula is C21H11F5N2O. The fourth-order valence-electron chi connectivity index (χ4n) is 2.80. The zero-order valence-electron chi connectivity index (χ0n) is 14.5. The van der Waals surface area contributed by atoms with Crippen LogP contribution in [-0.2, 0) is 6.18 Å². The van der Waals surface area contributed by atoms with Crippen molar-refractivity contribution < 1.29 is 26.7 Å². The summed E-state index contributed by atoms with van der Waals surface area (Å²) in [6, 6.07) is 10.6. The van der Waals surface area contributed by atoms with Crippen LogP contribution in [0.15, 0.2) is 67.0 Å². The van der Waals surface area contributed by atoms with Gasteiger partial charge in [-0.2, -0.15) is 13.2 Å². The minimum Gasteiger partial charge on any atom is -0.438 e. The van der Waals surface area contributed by atoms with E-state index in [4.69, 9.17) is 4.74 Å². The Balaban J connectivity index is 1.82. The van der Waals surface area contributed by atoms with Crippen molar-refractivity contribution in [2.24, 2.45) is 0 Å². The van der Waals surface area contributed by atoms with Gasteiger partial charge in [0.2, 0.25) is 5.88 Å². The predicted molar refractivity (Wildman–Crippen MR) is 96.4 cm³/mol. The summed E-state index contributed by atoms with van der Waals surface area (Å²) in [6.07, 6.45) is -1.49. The number of ether oxygens (including phenoxy) is 1. The second kappa shape index (κ2) is 7.12. The lowest BCUT2D eigenvalue weighted by molar-refractivity contribution is -0.137. The first kappa shape index (κ1) is 18.8. The van der Waals surface area contributed by atoms with Gasteiger partial charge in [0, 0.05) is 29.4 Å². The fraction of sp³-hybridized carbons (Fsp3) is 0.0476. The molecule has 2 aromatic carbocycles. The van der Waals surface area contributed by atoms with E-state index in [9.17, 15) is 22.0 Å². The number of aromatic nitrogens is 2. The molecule has 4 rings (SSSR count). The molecule has 0 radical (unpaired) electrons. The van der Waals surface area contributed by atoms with Gasteiger partial charge in [-0.1, -0.05) is 12.1 Å². The van der Waals surface area contributed by atoms with E-state index in [-0.39, 0.29) is 22.8 Å². The first-order valence-electron chi connectivity index (χ1n) is 8.36. The van der Waals surface area contributed by atoms with Crippen LogP contribution < -0.4 is 4.74 Å². The maximum Gasteiger partial charge on any atom is 0.416 e. The molecule has 0 aliphatic carbocycles. The van der Waals surface area contributed by atoms with Crippen LogP contribution >= 0.6 is 0 Å². The van der Waals surface area contributed by atoms with E-state index >= 15 is 0 Å². The first-order chi connectivity index (χ1) is 13.8. The molecule has 0 atom stereocenters. The molecule has 29 heavy (non-hydrogen) atoms. The van der Waals surface area contributed by atoms with E-state index in [0.717, 1.165) is 35.7 Å². The number of hydrogen-bond donors (Lipinski definition) is 0. The molecular weight excluding hydrogens is 391 g/mol. The van der Waals surface area contributed by atoms with E-state index in [0.29, 0.717) is 5.52 Å². The largest absolute Gasteiger partial charge is 0.438 e. The average Bonchev–Trinajstić information content (AvgIpc) is 2.69. The maximum atomic E-state index is 13.7. The number of hydrogen-bond acceptors (Lipinski definition) is 3. The van der Waals surface area contributed by atoms with Gasteiger partial charge >= 0.3 is 6.18 Å². The highest BCUT2D eigenvalue weighted by Crippen LogP contribution is 2.39. The average molecular weight is 402 g/mol. The molecule has 0 fully saturated rings. The molecule has 0 aliphatic rings. The van der Waals surface area contributed by atoms with Crippen molar-refractivity contribution >= 4 is 10.9 Å². The molecule has 0 N–H and O–H groups in total. The normalized spacial score (nSPS) is 11.6. The zero-order chi connectivity index (χ0) is 20.6. The Morgan fingerprint density at radius 3 is 2.41 bits per heavy atom. The molecule has 146 valence electrons. The quantitative estimate of drug-likeness (QED) is 0.373. The summed E-state index contributed by atoms with van der Waals surface area (Å²) < 4.78 is 72.1. The lowest BCUT2D eigenvalue weighted by Crippen LogP contribution is -2.05. The number of rotatable bonds is 3. The highest BCUT2D eigenvalue weighted by atomic mass is 19.4. The van der Waals surface area contributed by atoms with Crippen molar-refractivity contribution in [3.8, 4) is 22.8 Å². The minimum atomic E-state index is -4.60. The summed E-state index contributed by atoms with van der Waals surface area (Å²) in [7, 11) is 0. The maximum absolute atomic E-state index is 13.7. The van der Waals surface area contributed by atoms with Crippen molar-refractivity contribution in [1.29, 1.82) is 0 Å². The monoisotopic (exact) mass is 402 g/mol. The van der Waals surface area contributed by atoms with Crippen molar-refractivity contribution in [3.63, 3.8) is 0 Å². The minimum absolute atomic E-state index is 0.0480. The lowest BCUT2D eigenvalue weighted by atomic mass is 10.0. The Bertz CT molecular complexity index is 1210. The Kier molecular flexibility index (Phi) is 4.62. The third-order valence-corrected chi connectivity index (χ3v) is 4.22. The van der Waals surface area contributed by atoms with E-state index in [2.05, 4.69) is 9.97 Å². The van der Waals surface area contributed by atoms with Gasteiger partial charge in [-0.3, -0.25) is 4.98 Å². The molecule has 2 aromatic heterocycles. The predicted octanol–water partition coefficient (Wildman–Crippen LogP) is 6.39. The molecule has 0 amide bonds. The number of fused-ring (bicyclic) bond motifs is 1. The molecule has 2 heterocycles. The van der Waals surface area contributed by atoms with Gasteiger partial charge in [-0.25, -0.2) is 13.8 Å². The van der Waals surface area contributed by atoms with Crippen molar-refractivity contribution in [1.82, 2.24) is 9.97 Å². The van der Waals surface area contributed by atoms with Gasteiger partial charge in [0.15, 0.2) is 11.6 Å². The van der Waals surface area contributed by atoms with Crippen molar-refractivity contribution in [3.05, 3.63) is 84.2 Å². The van der Waals surface area contributed by atoms with Gasteiger partial charge in [0.1, 0.15) is 5.75 Å². The van der Waals surface area contributed by atoms with Crippen molar-refractivity contribution in [2.75, 3.05) is 0 Å². The first-order valence-corrected chi connectivity index (χ1v) is 8.36. The number of nitrogens with zero attached hydrogens (tertiary/aromatic N) is 2. The van der Waals surface area contributed by atoms with Crippen LogP contribution in [0.5, 0.6) is 11.6 Å². The smallest absolute Gasteiger partial charge is 0.416 e. The van der Waals surface area contributed by atoms with Crippen LogP contribution in [0, 0.1) is 11.6 Å². The number of halogens is 5. The second-order valence-corrected chi connectivity index (χ2v) is 6.16. The van der Waals surface area contributed by atoms with Gasteiger partial charge in [0.05, 0.1) is 11.1 Å². The summed E-state index contributed by atoms with van der Waals surface area (Å²) >= 11 is 0. The molecule has 0 saturated carbocycles. The third-order valence-electron chi connectivity index (χ3n) is 4.22. The van der Waals surface area contributed by atoms with Gasteiger partial charge in [-0.15, -0.1) is 0 Å². The van der Waals surface area contributed by atoms with Crippen LogP contribution in [0.1, 0.15) is 5.56 Å². The van der Waals surface area contributed by atoms with Crippen LogP contribution in [0.3, 0.4) is 0 Å². The van der Waals surface area contributed by atoms with Gasteiger partial charge in [-0.05, 0) is 42.0 Å². The summed E-state index contributed by atoms with van der Waals surface area (Å²) in [5, 5.41) is 0.727. The summed E-state index contributed by atoms with van der Waals surface area (Å²) in [5.41, 5.74) is -0.0752. The van der Waals surface area contributed by atoms with E-state index in [1.807, 2.05) is 0 Å². The van der Waals surface area contributed by atoms with Gasteiger partial charge < -0.3 is 4.74 Å². The van der Waals surface area contributed by atoms with Crippen LogP contribution in [-0.4, -0.2) is 9.97 Å². The molecule has 0 bridgehead atoms. The molecule has 0 aliphatic heterocycles. The number of benzene rings is 2. The number of pyridine rings is 2. The highest BCUT2D eigenvalue weighted by Gasteiger charge is 2.31. The van der Waals surface area contributed by atoms with E-state index in [1.54, 1.807) is 18.3 Å².